The number of pyridine rings is 1. The normalized spacial score (nSPS) is 10.6. The van der Waals surface area contributed by atoms with Gasteiger partial charge < -0.3 is 10.1 Å². The van der Waals surface area contributed by atoms with Crippen LogP contribution in [0.25, 0.3) is 10.9 Å². The van der Waals surface area contributed by atoms with Crippen molar-refractivity contribution in [1.82, 2.24) is 10.3 Å². The Kier molecular flexibility index (Phi) is 5.29. The van der Waals surface area contributed by atoms with E-state index in [0.717, 1.165) is 39.8 Å². The molecule has 3 aromatic rings. The number of carbonyl (C=O) groups is 1. The average molecular weight is 334 g/mol. The molecular formula is C21H22N2O2. The monoisotopic (exact) mass is 334 g/mol. The van der Waals surface area contributed by atoms with E-state index in [9.17, 15) is 4.79 Å². The standard InChI is InChI=1S/C21H22N2O2/c1-15-6-3-7-16(2)21(15)25-14-19(24)22-13-11-18-9-4-8-17-10-5-12-23-20(17)18/h3-10,12H,11,13-14H2,1-2H3,(H,22,24). The van der Waals surface area contributed by atoms with Crippen molar-refractivity contribution in [2.45, 2.75) is 20.3 Å². The quantitative estimate of drug-likeness (QED) is 0.749. The number of aryl methyl sites for hydroxylation is 2. The minimum absolute atomic E-state index is 0.0273. The van der Waals surface area contributed by atoms with Crippen molar-refractivity contribution < 1.29 is 9.53 Å². The molecule has 0 aliphatic heterocycles. The predicted octanol–water partition coefficient (Wildman–Crippen LogP) is 3.59. The Bertz CT molecular complexity index is 864. The first-order valence-electron chi connectivity index (χ1n) is 8.43. The Morgan fingerprint density at radius 1 is 1.04 bits per heavy atom. The van der Waals surface area contributed by atoms with Gasteiger partial charge in [-0.1, -0.05) is 42.5 Å². The van der Waals surface area contributed by atoms with E-state index in [4.69, 9.17) is 4.74 Å². The van der Waals surface area contributed by atoms with Crippen molar-refractivity contribution in [3.05, 3.63) is 71.4 Å². The maximum Gasteiger partial charge on any atom is 0.257 e. The molecule has 0 fully saturated rings. The number of rotatable bonds is 6. The van der Waals surface area contributed by atoms with Crippen LogP contribution in [0.2, 0.25) is 0 Å². The SMILES string of the molecule is Cc1cccc(C)c1OCC(=O)NCCc1cccc2cccnc12. The summed E-state index contributed by atoms with van der Waals surface area (Å²) in [5, 5.41) is 4.03. The van der Waals surface area contributed by atoms with Crippen molar-refractivity contribution >= 4 is 16.8 Å². The van der Waals surface area contributed by atoms with Crippen LogP contribution >= 0.6 is 0 Å². The zero-order valence-electron chi connectivity index (χ0n) is 14.6. The first-order valence-corrected chi connectivity index (χ1v) is 8.43. The Morgan fingerprint density at radius 3 is 2.56 bits per heavy atom. The second kappa shape index (κ2) is 7.79. The predicted molar refractivity (Wildman–Crippen MR) is 99.9 cm³/mol. The summed E-state index contributed by atoms with van der Waals surface area (Å²) >= 11 is 0. The Morgan fingerprint density at radius 2 is 1.76 bits per heavy atom. The molecule has 1 aromatic heterocycles. The van der Waals surface area contributed by atoms with Crippen molar-refractivity contribution in [1.29, 1.82) is 0 Å². The minimum Gasteiger partial charge on any atom is -0.483 e. The maximum atomic E-state index is 12.0. The molecule has 1 heterocycles. The summed E-state index contributed by atoms with van der Waals surface area (Å²) in [7, 11) is 0. The lowest BCUT2D eigenvalue weighted by Crippen LogP contribution is -2.30. The molecule has 4 heteroatoms. The van der Waals surface area contributed by atoms with E-state index in [1.807, 2.05) is 56.3 Å². The molecule has 0 radical (unpaired) electrons. The summed E-state index contributed by atoms with van der Waals surface area (Å²) in [4.78, 5) is 16.5. The summed E-state index contributed by atoms with van der Waals surface area (Å²) in [6, 6.07) is 16.0. The molecule has 25 heavy (non-hydrogen) atoms. The molecule has 4 nitrogen and oxygen atoms in total. The van der Waals surface area contributed by atoms with Gasteiger partial charge in [-0.3, -0.25) is 9.78 Å². The number of hydrogen-bond acceptors (Lipinski definition) is 3. The van der Waals surface area contributed by atoms with Gasteiger partial charge in [0.25, 0.3) is 5.91 Å². The van der Waals surface area contributed by atoms with Gasteiger partial charge in [-0.25, -0.2) is 0 Å². The number of ether oxygens (including phenoxy) is 1. The summed E-state index contributed by atoms with van der Waals surface area (Å²) < 4.78 is 5.68. The number of amides is 1. The topological polar surface area (TPSA) is 51.2 Å². The fourth-order valence-corrected chi connectivity index (χ4v) is 2.92. The summed E-state index contributed by atoms with van der Waals surface area (Å²) in [5.74, 6) is 0.673. The van der Waals surface area contributed by atoms with Crippen LogP contribution in [0.1, 0.15) is 16.7 Å². The summed E-state index contributed by atoms with van der Waals surface area (Å²) in [5.41, 5.74) is 4.20. The van der Waals surface area contributed by atoms with E-state index in [2.05, 4.69) is 16.4 Å². The van der Waals surface area contributed by atoms with Crippen molar-refractivity contribution in [3.63, 3.8) is 0 Å². The molecule has 0 saturated carbocycles. The molecule has 0 bridgehead atoms. The number of fused-ring (bicyclic) bond motifs is 1. The third-order valence-corrected chi connectivity index (χ3v) is 4.19. The van der Waals surface area contributed by atoms with Crippen LogP contribution in [0.3, 0.4) is 0 Å². The van der Waals surface area contributed by atoms with Crippen molar-refractivity contribution in [3.8, 4) is 5.75 Å². The largest absolute Gasteiger partial charge is 0.483 e. The molecule has 1 amide bonds. The number of para-hydroxylation sites is 2. The first kappa shape index (κ1) is 17.0. The number of nitrogens with zero attached hydrogens (tertiary/aromatic N) is 1. The minimum atomic E-state index is -0.115. The number of hydrogen-bond donors (Lipinski definition) is 1. The molecule has 0 aliphatic rings. The van der Waals surface area contributed by atoms with Crippen LogP contribution in [0, 0.1) is 13.8 Å². The van der Waals surface area contributed by atoms with E-state index in [1.54, 1.807) is 6.20 Å². The lowest BCUT2D eigenvalue weighted by Gasteiger charge is -2.12. The highest BCUT2D eigenvalue weighted by Gasteiger charge is 2.07. The highest BCUT2D eigenvalue weighted by atomic mass is 16.5. The number of aromatic nitrogens is 1. The van der Waals surface area contributed by atoms with Crippen LogP contribution < -0.4 is 10.1 Å². The molecule has 0 spiro atoms. The van der Waals surface area contributed by atoms with E-state index >= 15 is 0 Å². The van der Waals surface area contributed by atoms with E-state index in [0.29, 0.717) is 6.54 Å². The number of benzene rings is 2. The smallest absolute Gasteiger partial charge is 0.257 e. The Labute approximate surface area is 147 Å². The van der Waals surface area contributed by atoms with Gasteiger partial charge in [-0.2, -0.15) is 0 Å². The van der Waals surface area contributed by atoms with Crippen molar-refractivity contribution in [2.24, 2.45) is 0 Å². The molecule has 1 N–H and O–H groups in total. The molecule has 128 valence electrons. The van der Waals surface area contributed by atoms with E-state index in [1.165, 1.54) is 0 Å². The van der Waals surface area contributed by atoms with Crippen LogP contribution in [0.15, 0.2) is 54.7 Å². The van der Waals surface area contributed by atoms with Gasteiger partial charge in [0.05, 0.1) is 5.52 Å². The fraction of sp³-hybridized carbons (Fsp3) is 0.238. The summed E-state index contributed by atoms with van der Waals surface area (Å²) in [6.07, 6.45) is 2.53. The van der Waals surface area contributed by atoms with E-state index < -0.39 is 0 Å². The fourth-order valence-electron chi connectivity index (χ4n) is 2.92. The average Bonchev–Trinajstić information content (AvgIpc) is 2.61. The Hall–Kier alpha value is -2.88. The highest BCUT2D eigenvalue weighted by Crippen LogP contribution is 2.22. The van der Waals surface area contributed by atoms with Gasteiger partial charge in [-0.05, 0) is 43.0 Å². The number of nitrogens with one attached hydrogen (secondary N) is 1. The van der Waals surface area contributed by atoms with E-state index in [-0.39, 0.29) is 12.5 Å². The second-order valence-electron chi connectivity index (χ2n) is 6.10. The van der Waals surface area contributed by atoms with Gasteiger partial charge in [0.2, 0.25) is 0 Å². The zero-order valence-corrected chi connectivity index (χ0v) is 14.6. The molecule has 0 aliphatic carbocycles. The molecule has 0 saturated heterocycles. The van der Waals surface area contributed by atoms with Gasteiger partial charge in [-0.15, -0.1) is 0 Å². The zero-order chi connectivity index (χ0) is 17.6. The van der Waals surface area contributed by atoms with Crippen LogP contribution in [-0.4, -0.2) is 24.0 Å². The summed E-state index contributed by atoms with van der Waals surface area (Å²) in [6.45, 7) is 4.55. The first-order chi connectivity index (χ1) is 12.1. The van der Waals surface area contributed by atoms with Gasteiger partial charge in [0, 0.05) is 18.1 Å². The maximum absolute atomic E-state index is 12.0. The third kappa shape index (κ3) is 4.15. The van der Waals surface area contributed by atoms with Crippen LogP contribution in [0.4, 0.5) is 0 Å². The lowest BCUT2D eigenvalue weighted by atomic mass is 10.1. The van der Waals surface area contributed by atoms with Crippen LogP contribution in [0.5, 0.6) is 5.75 Å². The van der Waals surface area contributed by atoms with Gasteiger partial charge in [0.1, 0.15) is 5.75 Å². The van der Waals surface area contributed by atoms with Crippen molar-refractivity contribution in [2.75, 3.05) is 13.2 Å². The van der Waals surface area contributed by atoms with Crippen LogP contribution in [-0.2, 0) is 11.2 Å². The molecule has 0 unspecified atom stereocenters. The number of carbonyl (C=O) groups excluding carboxylic acids is 1. The molecule has 2 aromatic carbocycles. The molecule has 0 atom stereocenters. The molecular weight excluding hydrogens is 312 g/mol. The van der Waals surface area contributed by atoms with Gasteiger partial charge in [0.15, 0.2) is 6.61 Å². The lowest BCUT2D eigenvalue weighted by molar-refractivity contribution is -0.123. The second-order valence-corrected chi connectivity index (χ2v) is 6.10. The highest BCUT2D eigenvalue weighted by molar-refractivity contribution is 5.81. The molecule has 3 rings (SSSR count). The Balaban J connectivity index is 1.53. The third-order valence-electron chi connectivity index (χ3n) is 4.19. The van der Waals surface area contributed by atoms with Gasteiger partial charge >= 0.3 is 0 Å².